The number of rotatable bonds is 4. The van der Waals surface area contributed by atoms with Crippen LogP contribution < -0.4 is 5.19 Å². The van der Waals surface area contributed by atoms with Crippen molar-refractivity contribution in [3.63, 3.8) is 0 Å². The van der Waals surface area contributed by atoms with Gasteiger partial charge in [-0.3, -0.25) is 0 Å². The highest BCUT2D eigenvalue weighted by Crippen LogP contribution is 2.59. The van der Waals surface area contributed by atoms with Crippen LogP contribution in [0.5, 0.6) is 0 Å². The summed E-state index contributed by atoms with van der Waals surface area (Å²) in [5.41, 5.74) is 7.71. The lowest BCUT2D eigenvalue weighted by Crippen LogP contribution is -2.64. The van der Waals surface area contributed by atoms with Crippen molar-refractivity contribution < 1.29 is 0 Å². The van der Waals surface area contributed by atoms with Crippen molar-refractivity contribution in [3.8, 4) is 0 Å². The Morgan fingerprint density at radius 1 is 0.750 bits per heavy atom. The summed E-state index contributed by atoms with van der Waals surface area (Å²) < 4.78 is 0. The van der Waals surface area contributed by atoms with Crippen LogP contribution in [0.2, 0.25) is 10.1 Å². The summed E-state index contributed by atoms with van der Waals surface area (Å²) in [6, 6.07) is 7.60. The summed E-state index contributed by atoms with van der Waals surface area (Å²) in [5.74, 6) is 0.556. The van der Waals surface area contributed by atoms with Crippen LogP contribution in [0.15, 0.2) is 40.1 Å². The van der Waals surface area contributed by atoms with Crippen molar-refractivity contribution in [2.45, 2.75) is 106 Å². The van der Waals surface area contributed by atoms with Gasteiger partial charge < -0.3 is 0 Å². The van der Waals surface area contributed by atoms with Crippen molar-refractivity contribution >= 4 is 13.3 Å². The van der Waals surface area contributed by atoms with Gasteiger partial charge in [0.2, 0.25) is 0 Å². The predicted octanol–water partition coefficient (Wildman–Crippen LogP) is 7.91. The Bertz CT molecular complexity index is 769. The Kier molecular flexibility index (Phi) is 6.32. The zero-order valence-corrected chi connectivity index (χ0v) is 21.7. The van der Waals surface area contributed by atoms with Gasteiger partial charge in [-0.05, 0) is 66.3 Å². The molecule has 0 radical (unpaired) electrons. The SMILES string of the molecule is CCc1cc(CC)cc([Si](C2=C(C)C(C)=C(C)C2C)(C(C)(C)C)C(C)(C)C)c1. The van der Waals surface area contributed by atoms with Gasteiger partial charge in [0.15, 0.2) is 0 Å². The highest BCUT2D eigenvalue weighted by Gasteiger charge is 2.59. The molecule has 156 valence electrons. The van der Waals surface area contributed by atoms with Gasteiger partial charge in [-0.25, -0.2) is 0 Å². The molecular weight excluding hydrogens is 352 g/mol. The van der Waals surface area contributed by atoms with Crippen LogP contribution in [-0.2, 0) is 12.8 Å². The minimum absolute atomic E-state index is 0.235. The number of hydrogen-bond donors (Lipinski definition) is 0. The Hall–Kier alpha value is -1.08. The molecule has 0 bridgehead atoms. The Morgan fingerprint density at radius 2 is 1.18 bits per heavy atom. The van der Waals surface area contributed by atoms with Crippen LogP contribution >= 0.6 is 0 Å². The zero-order valence-electron chi connectivity index (χ0n) is 20.7. The third kappa shape index (κ3) is 3.38. The maximum atomic E-state index is 2.58. The van der Waals surface area contributed by atoms with Gasteiger partial charge >= 0.3 is 0 Å². The largest absolute Gasteiger partial charge is 0.125 e. The molecule has 1 aliphatic rings. The molecule has 0 fully saturated rings. The van der Waals surface area contributed by atoms with E-state index in [0.29, 0.717) is 5.92 Å². The van der Waals surface area contributed by atoms with E-state index in [-0.39, 0.29) is 10.1 Å². The monoisotopic (exact) mass is 396 g/mol. The van der Waals surface area contributed by atoms with Crippen LogP contribution in [0.3, 0.4) is 0 Å². The zero-order chi connectivity index (χ0) is 21.7. The number of benzene rings is 1. The first-order valence-electron chi connectivity index (χ1n) is 11.3. The first-order valence-corrected chi connectivity index (χ1v) is 13.3. The summed E-state index contributed by atoms with van der Waals surface area (Å²) in [7, 11) is -2.11. The van der Waals surface area contributed by atoms with Crippen molar-refractivity contribution in [2.24, 2.45) is 5.92 Å². The lowest BCUT2D eigenvalue weighted by Gasteiger charge is -2.55. The molecule has 0 saturated heterocycles. The van der Waals surface area contributed by atoms with E-state index in [1.165, 1.54) is 16.7 Å². The van der Waals surface area contributed by atoms with E-state index < -0.39 is 8.07 Å². The molecule has 1 aromatic carbocycles. The first kappa shape index (κ1) is 23.2. The number of allylic oxidation sites excluding steroid dienone is 4. The van der Waals surface area contributed by atoms with Gasteiger partial charge in [0.25, 0.3) is 0 Å². The maximum Gasteiger partial charge on any atom is 0.125 e. The fourth-order valence-electron chi connectivity index (χ4n) is 6.31. The summed E-state index contributed by atoms with van der Waals surface area (Å²) in [5, 5.41) is 3.92. The average Bonchev–Trinajstić information content (AvgIpc) is 2.77. The molecule has 1 aromatic rings. The van der Waals surface area contributed by atoms with Crippen LogP contribution in [0.4, 0.5) is 0 Å². The Morgan fingerprint density at radius 3 is 1.46 bits per heavy atom. The molecule has 0 nitrogen and oxygen atoms in total. The molecule has 0 N–H and O–H groups in total. The fraction of sp³-hybridized carbons (Fsp3) is 0.630. The molecular formula is C27H44Si. The van der Waals surface area contributed by atoms with E-state index in [0.717, 1.165) is 12.8 Å². The molecule has 1 aliphatic carbocycles. The van der Waals surface area contributed by atoms with Gasteiger partial charge in [-0.15, -0.1) is 0 Å². The van der Waals surface area contributed by atoms with Crippen LogP contribution in [-0.4, -0.2) is 8.07 Å². The molecule has 1 atom stereocenters. The van der Waals surface area contributed by atoms with Gasteiger partial charge in [0, 0.05) is 0 Å². The topological polar surface area (TPSA) is 0 Å². The molecule has 28 heavy (non-hydrogen) atoms. The highest BCUT2D eigenvalue weighted by molar-refractivity contribution is 7.02. The summed E-state index contributed by atoms with van der Waals surface area (Å²) >= 11 is 0. The minimum atomic E-state index is -2.11. The van der Waals surface area contributed by atoms with Crippen molar-refractivity contribution in [3.05, 3.63) is 51.2 Å². The van der Waals surface area contributed by atoms with Crippen LogP contribution in [0, 0.1) is 5.92 Å². The summed E-state index contributed by atoms with van der Waals surface area (Å²) in [4.78, 5) is 0. The van der Waals surface area contributed by atoms with E-state index in [9.17, 15) is 0 Å². The van der Waals surface area contributed by atoms with Gasteiger partial charge in [-0.2, -0.15) is 0 Å². The number of aryl methyl sites for hydroxylation is 2. The second-order valence-electron chi connectivity index (χ2n) is 11.1. The summed E-state index contributed by atoms with van der Waals surface area (Å²) in [6.45, 7) is 29.3. The lowest BCUT2D eigenvalue weighted by molar-refractivity contribution is 0.619. The van der Waals surface area contributed by atoms with Gasteiger partial charge in [0.05, 0.1) is 0 Å². The molecule has 0 aromatic heterocycles. The van der Waals surface area contributed by atoms with Gasteiger partial charge in [0.1, 0.15) is 8.07 Å². The summed E-state index contributed by atoms with van der Waals surface area (Å²) in [6.07, 6.45) is 2.23. The molecule has 0 saturated carbocycles. The van der Waals surface area contributed by atoms with E-state index in [2.05, 4.69) is 101 Å². The molecule has 0 amide bonds. The van der Waals surface area contributed by atoms with Gasteiger partial charge in [-0.1, -0.05) is 102 Å². The smallest absolute Gasteiger partial charge is 0.0647 e. The predicted molar refractivity (Wildman–Crippen MR) is 130 cm³/mol. The molecule has 0 aliphatic heterocycles. The molecule has 1 heteroatoms. The molecule has 1 unspecified atom stereocenters. The van der Waals surface area contributed by atoms with Crippen LogP contribution in [0.25, 0.3) is 0 Å². The molecule has 2 rings (SSSR count). The second kappa shape index (κ2) is 7.63. The third-order valence-corrected chi connectivity index (χ3v) is 14.9. The quantitative estimate of drug-likeness (QED) is 0.453. The third-order valence-electron chi connectivity index (χ3n) is 7.60. The first-order chi connectivity index (χ1) is 12.7. The molecule has 0 heterocycles. The van der Waals surface area contributed by atoms with E-state index in [1.807, 2.05) is 0 Å². The minimum Gasteiger partial charge on any atom is -0.0647 e. The second-order valence-corrected chi connectivity index (χ2v) is 16.7. The van der Waals surface area contributed by atoms with E-state index in [4.69, 9.17) is 0 Å². The van der Waals surface area contributed by atoms with Crippen molar-refractivity contribution in [2.75, 3.05) is 0 Å². The van der Waals surface area contributed by atoms with E-state index in [1.54, 1.807) is 21.5 Å². The van der Waals surface area contributed by atoms with E-state index >= 15 is 0 Å². The van der Waals surface area contributed by atoms with Crippen molar-refractivity contribution in [1.82, 2.24) is 0 Å². The number of hydrogen-bond acceptors (Lipinski definition) is 0. The average molecular weight is 397 g/mol. The standard InChI is InChI=1S/C27H44Si/c1-13-22-15-23(14-2)17-24(16-22)28(26(7,8)9,27(10,11)12)25-20(5)18(3)19(4)21(25)6/h15-17,20H,13-14H2,1-12H3. The highest BCUT2D eigenvalue weighted by atomic mass is 28.3. The van der Waals surface area contributed by atoms with Crippen molar-refractivity contribution in [1.29, 1.82) is 0 Å². The normalized spacial score (nSPS) is 19.1. The fourth-order valence-corrected chi connectivity index (χ4v) is 14.6. The Balaban J connectivity index is 3.03. The Labute approximate surface area is 176 Å². The lowest BCUT2D eigenvalue weighted by atomic mass is 10.1. The van der Waals surface area contributed by atoms with Crippen LogP contribution in [0.1, 0.15) is 94.2 Å². The molecule has 0 spiro atoms. The maximum absolute atomic E-state index is 2.58.